The topological polar surface area (TPSA) is 60.5 Å². The molecule has 146 valence electrons. The Balaban J connectivity index is 1.64. The standard InChI is InChI=1S/C22H24N2O3S/c1-4-5-15-6-9-17(10-7-15)23-21(25)13-18-14-28-22(24-18)16-8-11-19(26-2)20(12-16)27-3/h6-12,14H,4-5,13H2,1-3H3,(H,23,25). The predicted molar refractivity (Wildman–Crippen MR) is 113 cm³/mol. The minimum absolute atomic E-state index is 0.0765. The van der Waals surface area contributed by atoms with Crippen LogP contribution in [0.15, 0.2) is 47.8 Å². The van der Waals surface area contributed by atoms with Crippen molar-refractivity contribution in [1.29, 1.82) is 0 Å². The van der Waals surface area contributed by atoms with Gasteiger partial charge in [0.2, 0.25) is 5.91 Å². The van der Waals surface area contributed by atoms with E-state index in [0.717, 1.165) is 34.8 Å². The summed E-state index contributed by atoms with van der Waals surface area (Å²) >= 11 is 1.50. The number of hydrogen-bond acceptors (Lipinski definition) is 5. The van der Waals surface area contributed by atoms with Crippen molar-refractivity contribution in [2.75, 3.05) is 19.5 Å². The second kappa shape index (κ2) is 9.37. The van der Waals surface area contributed by atoms with Gasteiger partial charge in [0.25, 0.3) is 0 Å². The number of ether oxygens (including phenoxy) is 2. The molecule has 1 amide bonds. The maximum absolute atomic E-state index is 12.3. The number of hydrogen-bond donors (Lipinski definition) is 1. The zero-order valence-corrected chi connectivity index (χ0v) is 17.1. The Kier molecular flexibility index (Phi) is 6.66. The van der Waals surface area contributed by atoms with E-state index >= 15 is 0 Å². The average molecular weight is 397 g/mol. The van der Waals surface area contributed by atoms with Crippen molar-refractivity contribution in [2.45, 2.75) is 26.2 Å². The molecule has 0 spiro atoms. The molecule has 0 aliphatic rings. The Morgan fingerprint density at radius 3 is 2.50 bits per heavy atom. The van der Waals surface area contributed by atoms with Crippen LogP contribution in [-0.2, 0) is 17.6 Å². The number of thiazole rings is 1. The van der Waals surface area contributed by atoms with Crippen LogP contribution in [0.5, 0.6) is 11.5 Å². The highest BCUT2D eigenvalue weighted by molar-refractivity contribution is 7.13. The Bertz CT molecular complexity index is 935. The summed E-state index contributed by atoms with van der Waals surface area (Å²) < 4.78 is 10.6. The summed E-state index contributed by atoms with van der Waals surface area (Å²) in [4.78, 5) is 16.9. The molecule has 0 radical (unpaired) electrons. The number of methoxy groups -OCH3 is 2. The van der Waals surface area contributed by atoms with E-state index in [2.05, 4.69) is 29.4 Å². The van der Waals surface area contributed by atoms with Crippen LogP contribution in [-0.4, -0.2) is 25.1 Å². The fraction of sp³-hybridized carbons (Fsp3) is 0.273. The lowest BCUT2D eigenvalue weighted by atomic mass is 10.1. The molecular weight excluding hydrogens is 372 g/mol. The fourth-order valence-corrected chi connectivity index (χ4v) is 3.72. The van der Waals surface area contributed by atoms with Gasteiger partial charge in [0, 0.05) is 16.6 Å². The van der Waals surface area contributed by atoms with Crippen LogP contribution in [0.25, 0.3) is 10.6 Å². The van der Waals surface area contributed by atoms with Gasteiger partial charge in [0.1, 0.15) is 5.01 Å². The van der Waals surface area contributed by atoms with Gasteiger partial charge in [-0.05, 0) is 42.3 Å². The van der Waals surface area contributed by atoms with Gasteiger partial charge in [0.05, 0.1) is 26.3 Å². The summed E-state index contributed by atoms with van der Waals surface area (Å²) in [5.41, 5.74) is 3.76. The molecule has 1 N–H and O–H groups in total. The highest BCUT2D eigenvalue weighted by Crippen LogP contribution is 2.33. The van der Waals surface area contributed by atoms with Crippen molar-refractivity contribution < 1.29 is 14.3 Å². The average Bonchev–Trinajstić information content (AvgIpc) is 3.17. The van der Waals surface area contributed by atoms with Gasteiger partial charge < -0.3 is 14.8 Å². The van der Waals surface area contributed by atoms with E-state index in [0.29, 0.717) is 11.5 Å². The van der Waals surface area contributed by atoms with Crippen molar-refractivity contribution in [3.63, 3.8) is 0 Å². The Labute approximate surface area is 169 Å². The van der Waals surface area contributed by atoms with Crippen LogP contribution in [0.2, 0.25) is 0 Å². The van der Waals surface area contributed by atoms with E-state index in [1.807, 2.05) is 35.7 Å². The minimum atomic E-state index is -0.0765. The molecule has 0 saturated heterocycles. The molecule has 0 aliphatic heterocycles. The first-order chi connectivity index (χ1) is 13.6. The molecule has 3 aromatic rings. The number of amides is 1. The van der Waals surface area contributed by atoms with Crippen molar-refractivity contribution in [3.05, 3.63) is 59.1 Å². The summed E-state index contributed by atoms with van der Waals surface area (Å²) in [6.07, 6.45) is 2.39. The van der Waals surface area contributed by atoms with Gasteiger partial charge in [-0.3, -0.25) is 4.79 Å². The summed E-state index contributed by atoms with van der Waals surface area (Å²) in [5, 5.41) is 5.68. The number of carbonyl (C=O) groups excluding carboxylic acids is 1. The largest absolute Gasteiger partial charge is 0.493 e. The molecule has 28 heavy (non-hydrogen) atoms. The molecule has 1 heterocycles. The van der Waals surface area contributed by atoms with Crippen LogP contribution >= 0.6 is 11.3 Å². The zero-order chi connectivity index (χ0) is 19.9. The van der Waals surface area contributed by atoms with Crippen LogP contribution in [0.3, 0.4) is 0 Å². The first-order valence-electron chi connectivity index (χ1n) is 9.18. The van der Waals surface area contributed by atoms with E-state index in [1.54, 1.807) is 14.2 Å². The summed E-state index contributed by atoms with van der Waals surface area (Å²) in [6, 6.07) is 13.7. The lowest BCUT2D eigenvalue weighted by Gasteiger charge is -2.08. The van der Waals surface area contributed by atoms with Gasteiger partial charge in [-0.1, -0.05) is 25.5 Å². The SMILES string of the molecule is CCCc1ccc(NC(=O)Cc2csc(-c3ccc(OC)c(OC)c3)n2)cc1. The first kappa shape index (κ1) is 19.9. The number of anilines is 1. The Hall–Kier alpha value is -2.86. The first-order valence-corrected chi connectivity index (χ1v) is 10.1. The maximum atomic E-state index is 12.3. The van der Waals surface area contributed by atoms with E-state index in [4.69, 9.17) is 9.47 Å². The van der Waals surface area contributed by atoms with Crippen LogP contribution in [0.4, 0.5) is 5.69 Å². The number of benzene rings is 2. The maximum Gasteiger partial charge on any atom is 0.230 e. The van der Waals surface area contributed by atoms with Crippen molar-refractivity contribution in [1.82, 2.24) is 4.98 Å². The number of nitrogens with zero attached hydrogens (tertiary/aromatic N) is 1. The normalized spacial score (nSPS) is 10.5. The van der Waals surface area contributed by atoms with Gasteiger partial charge in [-0.25, -0.2) is 4.98 Å². The van der Waals surface area contributed by atoms with Gasteiger partial charge in [-0.15, -0.1) is 11.3 Å². The summed E-state index contributed by atoms with van der Waals surface area (Å²) in [6.45, 7) is 2.15. The number of carbonyl (C=O) groups is 1. The summed E-state index contributed by atoms with van der Waals surface area (Å²) in [5.74, 6) is 1.25. The highest BCUT2D eigenvalue weighted by Gasteiger charge is 2.12. The molecule has 6 heteroatoms. The lowest BCUT2D eigenvalue weighted by molar-refractivity contribution is -0.115. The van der Waals surface area contributed by atoms with E-state index < -0.39 is 0 Å². The molecule has 0 atom stereocenters. The predicted octanol–water partition coefficient (Wildman–Crippen LogP) is 4.96. The molecule has 2 aromatic carbocycles. The molecule has 0 fully saturated rings. The molecule has 3 rings (SSSR count). The van der Waals surface area contributed by atoms with Crippen LogP contribution in [0.1, 0.15) is 24.6 Å². The molecule has 0 bridgehead atoms. The number of nitrogens with one attached hydrogen (secondary N) is 1. The molecule has 5 nitrogen and oxygen atoms in total. The van der Waals surface area contributed by atoms with Crippen LogP contribution in [0, 0.1) is 0 Å². The van der Waals surface area contributed by atoms with Crippen LogP contribution < -0.4 is 14.8 Å². The van der Waals surface area contributed by atoms with Gasteiger partial charge in [-0.2, -0.15) is 0 Å². The van der Waals surface area contributed by atoms with Crippen molar-refractivity contribution in [3.8, 4) is 22.1 Å². The molecular formula is C22H24N2O3S. The third kappa shape index (κ3) is 4.89. The van der Waals surface area contributed by atoms with E-state index in [1.165, 1.54) is 16.9 Å². The third-order valence-electron chi connectivity index (χ3n) is 4.30. The Morgan fingerprint density at radius 2 is 1.82 bits per heavy atom. The van der Waals surface area contributed by atoms with E-state index in [9.17, 15) is 4.79 Å². The monoisotopic (exact) mass is 396 g/mol. The zero-order valence-electron chi connectivity index (χ0n) is 16.3. The molecule has 0 saturated carbocycles. The number of rotatable bonds is 8. The molecule has 0 aliphatic carbocycles. The number of aryl methyl sites for hydroxylation is 1. The lowest BCUT2D eigenvalue weighted by Crippen LogP contribution is -2.14. The van der Waals surface area contributed by atoms with Crippen molar-refractivity contribution in [2.24, 2.45) is 0 Å². The molecule has 1 aromatic heterocycles. The second-order valence-electron chi connectivity index (χ2n) is 6.39. The third-order valence-corrected chi connectivity index (χ3v) is 5.24. The quantitative estimate of drug-likeness (QED) is 0.584. The minimum Gasteiger partial charge on any atom is -0.493 e. The summed E-state index contributed by atoms with van der Waals surface area (Å²) in [7, 11) is 3.21. The smallest absolute Gasteiger partial charge is 0.230 e. The van der Waals surface area contributed by atoms with Gasteiger partial charge >= 0.3 is 0 Å². The fourth-order valence-electron chi connectivity index (χ4n) is 2.90. The number of aromatic nitrogens is 1. The van der Waals surface area contributed by atoms with Gasteiger partial charge in [0.15, 0.2) is 11.5 Å². The Morgan fingerprint density at radius 1 is 1.07 bits per heavy atom. The molecule has 0 unspecified atom stereocenters. The van der Waals surface area contributed by atoms with E-state index in [-0.39, 0.29) is 12.3 Å². The van der Waals surface area contributed by atoms with Crippen molar-refractivity contribution >= 4 is 22.9 Å². The second-order valence-corrected chi connectivity index (χ2v) is 7.24. The highest BCUT2D eigenvalue weighted by atomic mass is 32.1.